The maximum absolute atomic E-state index is 12.1. The minimum Gasteiger partial charge on any atom is -0.381 e. The van der Waals surface area contributed by atoms with E-state index in [0.29, 0.717) is 17.4 Å². The molecule has 1 saturated heterocycles. The van der Waals surface area contributed by atoms with Crippen LogP contribution in [0.5, 0.6) is 0 Å². The summed E-state index contributed by atoms with van der Waals surface area (Å²) in [7, 11) is 1.82. The number of rotatable bonds is 4. The van der Waals surface area contributed by atoms with Crippen molar-refractivity contribution in [3.8, 4) is 11.8 Å². The summed E-state index contributed by atoms with van der Waals surface area (Å²) in [4.78, 5) is 25.5. The number of ether oxygens (including phenoxy) is 1. The average Bonchev–Trinajstić information content (AvgIpc) is 3.52. The molecule has 31 heavy (non-hydrogen) atoms. The molecule has 0 radical (unpaired) electrons. The number of aromatic nitrogens is 3. The van der Waals surface area contributed by atoms with Gasteiger partial charge in [0, 0.05) is 54.9 Å². The Kier molecular flexibility index (Phi) is 5.23. The summed E-state index contributed by atoms with van der Waals surface area (Å²) in [5.74, 6) is 8.14. The predicted octanol–water partition coefficient (Wildman–Crippen LogP) is 3.32. The highest BCUT2D eigenvalue weighted by molar-refractivity contribution is 5.99. The predicted molar refractivity (Wildman–Crippen MR) is 119 cm³/mol. The first-order valence-electron chi connectivity index (χ1n) is 10.5. The van der Waals surface area contributed by atoms with Gasteiger partial charge in [-0.3, -0.25) is 4.79 Å². The van der Waals surface area contributed by atoms with Crippen molar-refractivity contribution in [1.29, 1.82) is 0 Å². The average molecular weight is 413 g/mol. The molecule has 1 atom stereocenters. The topological polar surface area (TPSA) is 89.0 Å². The maximum atomic E-state index is 12.1. The Morgan fingerprint density at radius 1 is 1.06 bits per heavy atom. The van der Waals surface area contributed by atoms with E-state index in [1.54, 1.807) is 12.4 Å². The van der Waals surface area contributed by atoms with Crippen LogP contribution in [0.2, 0.25) is 0 Å². The summed E-state index contributed by atoms with van der Waals surface area (Å²) in [6, 6.07) is 5.88. The molecule has 1 saturated carbocycles. The third kappa shape index (κ3) is 4.21. The number of fused-ring (bicyclic) bond motifs is 1. The highest BCUT2D eigenvalue weighted by Crippen LogP contribution is 2.31. The van der Waals surface area contributed by atoms with Gasteiger partial charge >= 0.3 is 0 Å². The molecule has 7 heteroatoms. The molecule has 3 aromatic rings. The van der Waals surface area contributed by atoms with Crippen molar-refractivity contribution in [2.45, 2.75) is 25.2 Å². The van der Waals surface area contributed by atoms with Crippen LogP contribution in [-0.4, -0.2) is 41.1 Å². The van der Waals surface area contributed by atoms with E-state index < -0.39 is 0 Å². The largest absolute Gasteiger partial charge is 0.381 e. The second-order valence-electron chi connectivity index (χ2n) is 7.94. The number of nitrogens with one attached hydrogen (secondary N) is 2. The Hall–Kier alpha value is -3.50. The Morgan fingerprint density at radius 3 is 2.68 bits per heavy atom. The highest BCUT2D eigenvalue weighted by atomic mass is 16.5. The van der Waals surface area contributed by atoms with Gasteiger partial charge in [0.25, 0.3) is 0 Å². The third-order valence-corrected chi connectivity index (χ3v) is 5.72. The fraction of sp³-hybridized carbons (Fsp3) is 0.333. The summed E-state index contributed by atoms with van der Waals surface area (Å²) in [6.45, 7) is 1.57. The zero-order valence-corrected chi connectivity index (χ0v) is 17.3. The van der Waals surface area contributed by atoms with Crippen molar-refractivity contribution in [2.75, 3.05) is 30.9 Å². The van der Waals surface area contributed by atoms with Crippen molar-refractivity contribution in [1.82, 2.24) is 15.0 Å². The molecule has 0 bridgehead atoms. The second kappa shape index (κ2) is 8.32. The van der Waals surface area contributed by atoms with Gasteiger partial charge in [0.05, 0.1) is 12.2 Å². The highest BCUT2D eigenvalue weighted by Gasteiger charge is 2.29. The lowest BCUT2D eigenvalue weighted by atomic mass is 10.0. The number of carbonyl (C=O) groups is 1. The van der Waals surface area contributed by atoms with Gasteiger partial charge in [-0.1, -0.05) is 12.0 Å². The lowest BCUT2D eigenvalue weighted by Gasteiger charge is -2.09. The van der Waals surface area contributed by atoms with E-state index in [0.717, 1.165) is 54.6 Å². The van der Waals surface area contributed by atoms with Gasteiger partial charge in [-0.05, 0) is 42.9 Å². The fourth-order valence-electron chi connectivity index (χ4n) is 3.73. The van der Waals surface area contributed by atoms with Crippen molar-refractivity contribution in [2.24, 2.45) is 5.92 Å². The number of amides is 1. The van der Waals surface area contributed by atoms with Crippen LogP contribution in [0.1, 0.15) is 42.0 Å². The van der Waals surface area contributed by atoms with Gasteiger partial charge in [0.15, 0.2) is 0 Å². The maximum Gasteiger partial charge on any atom is 0.228 e. The van der Waals surface area contributed by atoms with Crippen molar-refractivity contribution in [3.63, 3.8) is 0 Å². The fourth-order valence-corrected chi connectivity index (χ4v) is 3.73. The molecule has 7 nitrogen and oxygen atoms in total. The van der Waals surface area contributed by atoms with Crippen LogP contribution in [0.25, 0.3) is 10.8 Å². The molecular weight excluding hydrogens is 390 g/mol. The Bertz CT molecular complexity index is 1190. The molecule has 0 aromatic carbocycles. The van der Waals surface area contributed by atoms with E-state index in [4.69, 9.17) is 4.74 Å². The van der Waals surface area contributed by atoms with Crippen LogP contribution in [0.4, 0.5) is 11.6 Å². The molecule has 4 heterocycles. The smallest absolute Gasteiger partial charge is 0.228 e. The molecule has 1 unspecified atom stereocenters. The van der Waals surface area contributed by atoms with Crippen LogP contribution in [0, 0.1) is 17.8 Å². The Balaban J connectivity index is 1.45. The van der Waals surface area contributed by atoms with Crippen LogP contribution in [-0.2, 0) is 9.53 Å². The third-order valence-electron chi connectivity index (χ3n) is 5.72. The van der Waals surface area contributed by atoms with Crippen LogP contribution in [0.3, 0.4) is 0 Å². The van der Waals surface area contributed by atoms with Crippen LogP contribution < -0.4 is 10.6 Å². The first-order valence-corrected chi connectivity index (χ1v) is 10.5. The monoisotopic (exact) mass is 413 g/mol. The molecule has 2 N–H and O–H groups in total. The van der Waals surface area contributed by atoms with Gasteiger partial charge in [0.2, 0.25) is 5.91 Å². The lowest BCUT2D eigenvalue weighted by Crippen LogP contribution is -2.14. The normalized spacial score (nSPS) is 17.8. The van der Waals surface area contributed by atoms with E-state index >= 15 is 0 Å². The minimum absolute atomic E-state index is 0.0272. The first kappa shape index (κ1) is 19.5. The molecule has 1 amide bonds. The minimum atomic E-state index is 0.0272. The number of hydrogen-bond donors (Lipinski definition) is 2. The zero-order chi connectivity index (χ0) is 21.2. The summed E-state index contributed by atoms with van der Waals surface area (Å²) in [6.07, 6.45) is 8.28. The quantitative estimate of drug-likeness (QED) is 0.638. The molecule has 0 spiro atoms. The molecular formula is C24H23N5O2. The number of pyridine rings is 3. The molecule has 156 valence electrons. The van der Waals surface area contributed by atoms with Crippen molar-refractivity contribution in [3.05, 3.63) is 53.6 Å². The number of hydrogen-bond acceptors (Lipinski definition) is 6. The van der Waals surface area contributed by atoms with Crippen molar-refractivity contribution >= 4 is 28.3 Å². The number of anilines is 2. The molecule has 1 aliphatic heterocycles. The van der Waals surface area contributed by atoms with Gasteiger partial charge < -0.3 is 15.4 Å². The van der Waals surface area contributed by atoms with E-state index in [1.165, 1.54) is 5.56 Å². The van der Waals surface area contributed by atoms with Gasteiger partial charge in [-0.15, -0.1) is 0 Å². The lowest BCUT2D eigenvalue weighted by molar-refractivity contribution is -0.117. The SMILES string of the molecule is CNc1ncc(C#Cc2ccc(C3CCOC3)cn2)c2cc(NC(=O)C3CC3)ncc12. The van der Waals surface area contributed by atoms with Crippen LogP contribution >= 0.6 is 0 Å². The standard InChI is InChI=1S/C24H23N5O2/c1-25-23-21-13-27-22(29-24(30)15-2-3-15)10-20(21)17(12-28-23)5-7-19-6-4-16(11-26-19)18-8-9-31-14-18/h4,6,10-13,15,18H,2-3,8-9,14H2,1H3,(H,25,28)(H,27,29,30). The Labute approximate surface area is 180 Å². The van der Waals surface area contributed by atoms with E-state index in [1.807, 2.05) is 25.4 Å². The summed E-state index contributed by atoms with van der Waals surface area (Å²) in [5.41, 5.74) is 2.65. The summed E-state index contributed by atoms with van der Waals surface area (Å²) in [5, 5.41) is 7.72. The number of carbonyl (C=O) groups excluding carboxylic acids is 1. The zero-order valence-electron chi connectivity index (χ0n) is 17.3. The molecule has 1 aliphatic carbocycles. The number of nitrogens with zero attached hydrogens (tertiary/aromatic N) is 3. The van der Waals surface area contributed by atoms with E-state index in [-0.39, 0.29) is 11.8 Å². The second-order valence-corrected chi connectivity index (χ2v) is 7.94. The van der Waals surface area contributed by atoms with Gasteiger partial charge in [-0.2, -0.15) is 0 Å². The summed E-state index contributed by atoms with van der Waals surface area (Å²) >= 11 is 0. The van der Waals surface area contributed by atoms with Crippen molar-refractivity contribution < 1.29 is 9.53 Å². The van der Waals surface area contributed by atoms with Gasteiger partial charge in [0.1, 0.15) is 17.3 Å². The van der Waals surface area contributed by atoms with E-state index in [2.05, 4.69) is 43.5 Å². The molecule has 5 rings (SSSR count). The summed E-state index contributed by atoms with van der Waals surface area (Å²) < 4.78 is 5.46. The van der Waals surface area contributed by atoms with Crippen LogP contribution in [0.15, 0.2) is 36.8 Å². The molecule has 2 fully saturated rings. The molecule has 2 aliphatic rings. The van der Waals surface area contributed by atoms with Gasteiger partial charge in [-0.25, -0.2) is 15.0 Å². The molecule has 3 aromatic heterocycles. The first-order chi connectivity index (χ1) is 15.2. The van der Waals surface area contributed by atoms with E-state index in [9.17, 15) is 4.79 Å². The Morgan fingerprint density at radius 2 is 1.97 bits per heavy atom.